The van der Waals surface area contributed by atoms with Crippen molar-refractivity contribution in [2.45, 2.75) is 75.7 Å². The molecule has 0 amide bonds. The van der Waals surface area contributed by atoms with Gasteiger partial charge in [0.05, 0.1) is 0 Å². The lowest BCUT2D eigenvalue weighted by Crippen LogP contribution is -2.31. The van der Waals surface area contributed by atoms with Gasteiger partial charge in [-0.1, -0.05) is 49.9 Å². The van der Waals surface area contributed by atoms with Gasteiger partial charge < -0.3 is 5.73 Å². The molecule has 0 saturated heterocycles. The van der Waals surface area contributed by atoms with Crippen molar-refractivity contribution in [3.8, 4) is 0 Å². The van der Waals surface area contributed by atoms with Gasteiger partial charge in [-0.15, -0.1) is 0 Å². The average molecular weight is 257 g/mol. The normalized spacial score (nSPS) is 24.7. The first kappa shape index (κ1) is 13.2. The van der Waals surface area contributed by atoms with Crippen LogP contribution < -0.4 is 5.73 Å². The highest BCUT2D eigenvalue weighted by Crippen LogP contribution is 2.50. The number of benzene rings is 1. The van der Waals surface area contributed by atoms with Gasteiger partial charge in [-0.2, -0.15) is 0 Å². The van der Waals surface area contributed by atoms with Crippen LogP contribution in [0.3, 0.4) is 0 Å². The third kappa shape index (κ3) is 2.58. The zero-order valence-corrected chi connectivity index (χ0v) is 12.2. The lowest BCUT2D eigenvalue weighted by Gasteiger charge is -2.22. The van der Waals surface area contributed by atoms with Crippen LogP contribution in [-0.4, -0.2) is 6.04 Å². The molecule has 1 aromatic carbocycles. The van der Waals surface area contributed by atoms with E-state index in [1.807, 2.05) is 0 Å². The van der Waals surface area contributed by atoms with E-state index in [1.165, 1.54) is 56.9 Å². The van der Waals surface area contributed by atoms with Gasteiger partial charge >= 0.3 is 0 Å². The second-order valence-corrected chi connectivity index (χ2v) is 6.76. The molecular weight excluding hydrogens is 230 g/mol. The van der Waals surface area contributed by atoms with Crippen LogP contribution in [0, 0.1) is 0 Å². The van der Waals surface area contributed by atoms with Crippen molar-refractivity contribution >= 4 is 0 Å². The first-order valence-electron chi connectivity index (χ1n) is 8.08. The van der Waals surface area contributed by atoms with Crippen molar-refractivity contribution < 1.29 is 0 Å². The summed E-state index contributed by atoms with van der Waals surface area (Å²) >= 11 is 0. The Balaban J connectivity index is 1.83. The largest absolute Gasteiger partial charge is 0.327 e. The standard InChI is InChI=1S/C18H27N/c1-14(19)18(11-12-18)17-10-6-9-16(13-17)15-7-4-2-3-5-8-15/h6,9-10,13-15H,2-5,7-8,11-12,19H2,1H3. The van der Waals surface area contributed by atoms with Crippen molar-refractivity contribution in [3.63, 3.8) is 0 Å². The van der Waals surface area contributed by atoms with Gasteiger partial charge in [-0.25, -0.2) is 0 Å². The van der Waals surface area contributed by atoms with E-state index in [0.29, 0.717) is 5.41 Å². The quantitative estimate of drug-likeness (QED) is 0.793. The van der Waals surface area contributed by atoms with Crippen molar-refractivity contribution in [1.82, 2.24) is 0 Å². The lowest BCUT2D eigenvalue weighted by molar-refractivity contribution is 0.551. The molecule has 3 rings (SSSR count). The fraction of sp³-hybridized carbons (Fsp3) is 0.667. The third-order valence-corrected chi connectivity index (χ3v) is 5.45. The molecule has 104 valence electrons. The van der Waals surface area contributed by atoms with Gasteiger partial charge in [0.25, 0.3) is 0 Å². The number of hydrogen-bond donors (Lipinski definition) is 1. The molecule has 0 aliphatic heterocycles. The molecule has 2 aliphatic carbocycles. The van der Waals surface area contributed by atoms with Gasteiger partial charge in [0, 0.05) is 11.5 Å². The minimum absolute atomic E-state index is 0.289. The summed E-state index contributed by atoms with van der Waals surface area (Å²) in [4.78, 5) is 0. The summed E-state index contributed by atoms with van der Waals surface area (Å²) in [7, 11) is 0. The van der Waals surface area contributed by atoms with Gasteiger partial charge in [0.1, 0.15) is 0 Å². The summed E-state index contributed by atoms with van der Waals surface area (Å²) in [5.74, 6) is 0.798. The van der Waals surface area contributed by atoms with E-state index in [9.17, 15) is 0 Å². The van der Waals surface area contributed by atoms with Crippen LogP contribution in [0.5, 0.6) is 0 Å². The predicted molar refractivity (Wildman–Crippen MR) is 81.4 cm³/mol. The van der Waals surface area contributed by atoms with E-state index in [1.54, 1.807) is 5.56 Å². The zero-order valence-electron chi connectivity index (χ0n) is 12.2. The van der Waals surface area contributed by atoms with E-state index in [-0.39, 0.29) is 6.04 Å². The first-order valence-corrected chi connectivity index (χ1v) is 8.08. The molecular formula is C18H27N. The molecule has 1 heteroatoms. The van der Waals surface area contributed by atoms with Crippen LogP contribution in [-0.2, 0) is 5.41 Å². The Kier molecular flexibility index (Phi) is 3.66. The Morgan fingerprint density at radius 3 is 2.37 bits per heavy atom. The monoisotopic (exact) mass is 257 g/mol. The highest BCUT2D eigenvalue weighted by Gasteiger charge is 2.47. The van der Waals surface area contributed by atoms with Crippen molar-refractivity contribution in [3.05, 3.63) is 35.4 Å². The lowest BCUT2D eigenvalue weighted by atomic mass is 9.85. The summed E-state index contributed by atoms with van der Waals surface area (Å²) in [6.45, 7) is 2.17. The van der Waals surface area contributed by atoms with E-state index in [0.717, 1.165) is 5.92 Å². The van der Waals surface area contributed by atoms with E-state index in [4.69, 9.17) is 5.73 Å². The Morgan fingerprint density at radius 1 is 1.11 bits per heavy atom. The Hall–Kier alpha value is -0.820. The summed E-state index contributed by atoms with van der Waals surface area (Å²) in [6.07, 6.45) is 11.0. The molecule has 0 spiro atoms. The van der Waals surface area contributed by atoms with Crippen molar-refractivity contribution in [2.75, 3.05) is 0 Å². The molecule has 2 aliphatic rings. The van der Waals surface area contributed by atoms with Gasteiger partial charge in [0.2, 0.25) is 0 Å². The Morgan fingerprint density at radius 2 is 1.79 bits per heavy atom. The maximum atomic E-state index is 6.22. The molecule has 0 bridgehead atoms. The molecule has 1 nitrogen and oxygen atoms in total. The second-order valence-electron chi connectivity index (χ2n) is 6.76. The van der Waals surface area contributed by atoms with Gasteiger partial charge in [0.15, 0.2) is 0 Å². The maximum Gasteiger partial charge on any atom is 0.0108 e. The minimum Gasteiger partial charge on any atom is -0.327 e. The summed E-state index contributed by atoms with van der Waals surface area (Å²) in [5.41, 5.74) is 9.60. The first-order chi connectivity index (χ1) is 9.22. The summed E-state index contributed by atoms with van der Waals surface area (Å²) in [5, 5.41) is 0. The van der Waals surface area contributed by atoms with Crippen LogP contribution in [0.25, 0.3) is 0 Å². The molecule has 2 N–H and O–H groups in total. The zero-order chi connectivity index (χ0) is 13.3. The highest BCUT2D eigenvalue weighted by molar-refractivity contribution is 5.37. The summed E-state index contributed by atoms with van der Waals surface area (Å²) in [6, 6.07) is 9.68. The van der Waals surface area contributed by atoms with Gasteiger partial charge in [-0.3, -0.25) is 0 Å². The average Bonchev–Trinajstić information content (AvgIpc) is 3.24. The maximum absolute atomic E-state index is 6.22. The van der Waals surface area contributed by atoms with E-state index < -0.39 is 0 Å². The molecule has 0 aromatic heterocycles. The second kappa shape index (κ2) is 5.28. The minimum atomic E-state index is 0.289. The van der Waals surface area contributed by atoms with Crippen LogP contribution >= 0.6 is 0 Å². The number of nitrogens with two attached hydrogens (primary N) is 1. The molecule has 1 atom stereocenters. The Bertz CT molecular complexity index is 423. The van der Waals surface area contributed by atoms with E-state index in [2.05, 4.69) is 31.2 Å². The highest BCUT2D eigenvalue weighted by atomic mass is 14.7. The molecule has 0 heterocycles. The third-order valence-electron chi connectivity index (χ3n) is 5.45. The van der Waals surface area contributed by atoms with Crippen molar-refractivity contribution in [1.29, 1.82) is 0 Å². The number of hydrogen-bond acceptors (Lipinski definition) is 1. The predicted octanol–water partition coefficient (Wildman–Crippen LogP) is 4.50. The smallest absolute Gasteiger partial charge is 0.0108 e. The van der Waals surface area contributed by atoms with Crippen LogP contribution in [0.2, 0.25) is 0 Å². The van der Waals surface area contributed by atoms with Gasteiger partial charge in [-0.05, 0) is 49.7 Å². The fourth-order valence-corrected chi connectivity index (χ4v) is 3.86. The molecule has 2 fully saturated rings. The van der Waals surface area contributed by atoms with E-state index >= 15 is 0 Å². The summed E-state index contributed by atoms with van der Waals surface area (Å²) < 4.78 is 0. The fourth-order valence-electron chi connectivity index (χ4n) is 3.86. The van der Waals surface area contributed by atoms with Crippen LogP contribution in [0.1, 0.15) is 75.3 Å². The number of rotatable bonds is 3. The molecule has 19 heavy (non-hydrogen) atoms. The topological polar surface area (TPSA) is 26.0 Å². The Labute approximate surface area is 117 Å². The molecule has 1 aromatic rings. The van der Waals surface area contributed by atoms with Crippen molar-refractivity contribution in [2.24, 2.45) is 5.73 Å². The van der Waals surface area contributed by atoms with Crippen LogP contribution in [0.4, 0.5) is 0 Å². The SMILES string of the molecule is CC(N)C1(c2cccc(C3CCCCCC3)c2)CC1. The molecule has 2 saturated carbocycles. The van der Waals surface area contributed by atoms with Crippen LogP contribution in [0.15, 0.2) is 24.3 Å². The molecule has 0 radical (unpaired) electrons. The molecule has 1 unspecified atom stereocenters.